The predicted molar refractivity (Wildman–Crippen MR) is 71.4 cm³/mol. The Labute approximate surface area is 103 Å². The van der Waals surface area contributed by atoms with Gasteiger partial charge < -0.3 is 4.23 Å². The Bertz CT molecular complexity index is 572. The van der Waals surface area contributed by atoms with Crippen LogP contribution in [0.4, 0.5) is 0 Å². The van der Waals surface area contributed by atoms with E-state index in [9.17, 15) is 0 Å². The molecule has 3 rings (SSSR count). The van der Waals surface area contributed by atoms with Gasteiger partial charge in [-0.15, -0.1) is 0 Å². The largest absolute Gasteiger partial charge is 0.356 e. The minimum atomic E-state index is -1.45. The quantitative estimate of drug-likeness (QED) is 0.721. The van der Waals surface area contributed by atoms with Crippen LogP contribution in [0, 0.1) is 0 Å². The molecule has 1 aliphatic heterocycles. The van der Waals surface area contributed by atoms with Gasteiger partial charge >= 0.3 is 0 Å². The van der Waals surface area contributed by atoms with Gasteiger partial charge in [-0.2, -0.15) is 0 Å². The molecule has 2 aromatic heterocycles. The van der Waals surface area contributed by atoms with Gasteiger partial charge in [0.1, 0.15) is 5.82 Å². The molecule has 0 aromatic carbocycles. The first kappa shape index (κ1) is 10.7. The molecule has 1 aliphatic rings. The van der Waals surface area contributed by atoms with Gasteiger partial charge in [0.15, 0.2) is 8.24 Å². The van der Waals surface area contributed by atoms with Gasteiger partial charge in [-0.1, -0.05) is 20.0 Å². The van der Waals surface area contributed by atoms with Crippen molar-refractivity contribution in [3.05, 3.63) is 35.9 Å². The number of fused-ring (bicyclic) bond motifs is 3. The Morgan fingerprint density at radius 2 is 2.18 bits per heavy atom. The zero-order valence-electron chi connectivity index (χ0n) is 10.6. The minimum Gasteiger partial charge on any atom is -0.356 e. The van der Waals surface area contributed by atoms with E-state index in [1.54, 1.807) is 0 Å². The zero-order valence-corrected chi connectivity index (χ0v) is 11.6. The summed E-state index contributed by atoms with van der Waals surface area (Å²) in [6.07, 6.45) is 6.94. The standard InChI is InChI=1S/C13H17N3Si/c1-4-11-7-15-13-12-8-14-6-5-10(12)9-17(2,3)16(11)13/h5-8H,4,9H2,1-3H3. The number of rotatable bonds is 1. The van der Waals surface area contributed by atoms with Crippen molar-refractivity contribution in [3.8, 4) is 11.4 Å². The molecule has 0 spiro atoms. The van der Waals surface area contributed by atoms with Crippen LogP contribution in [0.5, 0.6) is 0 Å². The predicted octanol–water partition coefficient (Wildman–Crippen LogP) is 2.66. The molecule has 0 fully saturated rings. The molecule has 2 aromatic rings. The van der Waals surface area contributed by atoms with E-state index in [1.807, 2.05) is 18.6 Å². The lowest BCUT2D eigenvalue weighted by Crippen LogP contribution is -2.43. The smallest absolute Gasteiger partial charge is 0.162 e. The number of pyridine rings is 1. The van der Waals surface area contributed by atoms with E-state index in [4.69, 9.17) is 0 Å². The first-order valence-corrected chi connectivity index (χ1v) is 9.29. The molecule has 0 atom stereocenters. The summed E-state index contributed by atoms with van der Waals surface area (Å²) in [5, 5.41) is 0. The lowest BCUT2D eigenvalue weighted by Gasteiger charge is -2.33. The summed E-state index contributed by atoms with van der Waals surface area (Å²) >= 11 is 0. The molecule has 3 nitrogen and oxygen atoms in total. The van der Waals surface area contributed by atoms with E-state index in [2.05, 4.69) is 40.3 Å². The third-order valence-corrected chi connectivity index (χ3v) is 6.53. The maximum absolute atomic E-state index is 4.62. The molecular formula is C13H17N3Si. The van der Waals surface area contributed by atoms with Crippen LogP contribution in [-0.4, -0.2) is 22.4 Å². The van der Waals surface area contributed by atoms with Gasteiger partial charge in [0, 0.05) is 29.8 Å². The molecule has 0 saturated heterocycles. The summed E-state index contributed by atoms with van der Waals surface area (Å²) in [5.41, 5.74) is 4.00. The lowest BCUT2D eigenvalue weighted by molar-refractivity contribution is 0.944. The summed E-state index contributed by atoms with van der Waals surface area (Å²) in [6, 6.07) is 3.33. The van der Waals surface area contributed by atoms with E-state index in [0.29, 0.717) is 0 Å². The number of hydrogen-bond acceptors (Lipinski definition) is 2. The highest BCUT2D eigenvalue weighted by Gasteiger charge is 2.34. The van der Waals surface area contributed by atoms with Crippen molar-refractivity contribution in [1.29, 1.82) is 0 Å². The second kappa shape index (κ2) is 3.53. The Morgan fingerprint density at radius 1 is 1.35 bits per heavy atom. The number of imidazole rings is 1. The number of aromatic nitrogens is 3. The molecule has 0 saturated carbocycles. The van der Waals surface area contributed by atoms with Gasteiger partial charge in [-0.05, 0) is 24.1 Å². The van der Waals surface area contributed by atoms with Crippen LogP contribution in [0.3, 0.4) is 0 Å². The fourth-order valence-corrected chi connectivity index (χ4v) is 5.97. The van der Waals surface area contributed by atoms with E-state index >= 15 is 0 Å². The van der Waals surface area contributed by atoms with Gasteiger partial charge in [-0.3, -0.25) is 4.98 Å². The fourth-order valence-electron chi connectivity index (χ4n) is 2.83. The maximum Gasteiger partial charge on any atom is 0.162 e. The van der Waals surface area contributed by atoms with E-state index in [0.717, 1.165) is 12.2 Å². The molecule has 0 radical (unpaired) electrons. The normalized spacial score (nSPS) is 16.4. The van der Waals surface area contributed by atoms with E-state index in [1.165, 1.54) is 22.9 Å². The lowest BCUT2D eigenvalue weighted by atomic mass is 10.1. The van der Waals surface area contributed by atoms with Crippen molar-refractivity contribution in [3.63, 3.8) is 0 Å². The van der Waals surface area contributed by atoms with E-state index < -0.39 is 8.24 Å². The fraction of sp³-hybridized carbons (Fsp3) is 0.385. The molecule has 3 heterocycles. The summed E-state index contributed by atoms with van der Waals surface area (Å²) in [6.45, 7) is 7.04. The van der Waals surface area contributed by atoms with Crippen molar-refractivity contribution < 1.29 is 0 Å². The second-order valence-corrected chi connectivity index (χ2v) is 9.71. The zero-order chi connectivity index (χ0) is 12.0. The average molecular weight is 243 g/mol. The Hall–Kier alpha value is -1.42. The molecule has 4 heteroatoms. The van der Waals surface area contributed by atoms with Gasteiger partial charge in [-0.25, -0.2) is 4.98 Å². The Balaban J connectivity index is 2.31. The molecule has 0 unspecified atom stereocenters. The summed E-state index contributed by atoms with van der Waals surface area (Å²) in [7, 11) is -1.45. The van der Waals surface area contributed by atoms with Crippen LogP contribution in [0.25, 0.3) is 11.4 Å². The van der Waals surface area contributed by atoms with Gasteiger partial charge in [0.2, 0.25) is 0 Å². The summed E-state index contributed by atoms with van der Waals surface area (Å²) < 4.78 is 2.51. The van der Waals surface area contributed by atoms with Crippen molar-refractivity contribution in [2.75, 3.05) is 0 Å². The highest BCUT2D eigenvalue weighted by atomic mass is 28.3. The van der Waals surface area contributed by atoms with Gasteiger partial charge in [0.25, 0.3) is 0 Å². The second-order valence-electron chi connectivity index (χ2n) is 5.28. The molecule has 0 amide bonds. The monoisotopic (exact) mass is 243 g/mol. The number of aryl methyl sites for hydroxylation is 1. The SMILES string of the molecule is CCc1cnc2n1[Si](C)(C)Cc1ccncc1-2. The van der Waals surface area contributed by atoms with Crippen LogP contribution in [0.1, 0.15) is 18.2 Å². The Morgan fingerprint density at radius 3 is 2.94 bits per heavy atom. The van der Waals surface area contributed by atoms with Crippen molar-refractivity contribution >= 4 is 8.24 Å². The van der Waals surface area contributed by atoms with Gasteiger partial charge in [0.05, 0.1) is 0 Å². The summed E-state index contributed by atoms with van der Waals surface area (Å²) in [4.78, 5) is 8.86. The number of hydrogen-bond donors (Lipinski definition) is 0. The topological polar surface area (TPSA) is 30.7 Å². The molecule has 88 valence electrons. The molecule has 0 bridgehead atoms. The molecule has 0 aliphatic carbocycles. The van der Waals surface area contributed by atoms with Crippen LogP contribution >= 0.6 is 0 Å². The highest BCUT2D eigenvalue weighted by Crippen LogP contribution is 2.33. The van der Waals surface area contributed by atoms with Crippen molar-refractivity contribution in [2.45, 2.75) is 32.5 Å². The maximum atomic E-state index is 4.62. The average Bonchev–Trinajstić information content (AvgIpc) is 2.73. The molecule has 17 heavy (non-hydrogen) atoms. The Kier molecular flexibility index (Phi) is 2.23. The molecule has 0 N–H and O–H groups in total. The third-order valence-electron chi connectivity index (χ3n) is 3.58. The first-order chi connectivity index (χ1) is 8.13. The molecular weight excluding hydrogens is 226 g/mol. The van der Waals surface area contributed by atoms with E-state index in [-0.39, 0.29) is 0 Å². The number of nitrogens with zero attached hydrogens (tertiary/aromatic N) is 3. The summed E-state index contributed by atoms with van der Waals surface area (Å²) in [5.74, 6) is 1.13. The highest BCUT2D eigenvalue weighted by molar-refractivity contribution is 6.76. The van der Waals surface area contributed by atoms with Crippen LogP contribution < -0.4 is 0 Å². The van der Waals surface area contributed by atoms with Crippen molar-refractivity contribution in [2.24, 2.45) is 0 Å². The minimum absolute atomic E-state index is 1.05. The first-order valence-electron chi connectivity index (χ1n) is 6.14. The van der Waals surface area contributed by atoms with Crippen LogP contribution in [0.15, 0.2) is 24.7 Å². The van der Waals surface area contributed by atoms with Crippen LogP contribution in [-0.2, 0) is 12.5 Å². The van der Waals surface area contributed by atoms with Crippen LogP contribution in [0.2, 0.25) is 13.1 Å². The third kappa shape index (κ3) is 1.47. The van der Waals surface area contributed by atoms with Crippen molar-refractivity contribution in [1.82, 2.24) is 14.2 Å².